The van der Waals surface area contributed by atoms with Gasteiger partial charge in [-0.1, -0.05) is 18.5 Å². The van der Waals surface area contributed by atoms with Crippen molar-refractivity contribution in [2.45, 2.75) is 51.8 Å². The highest BCUT2D eigenvalue weighted by Gasteiger charge is 2.27. The fraction of sp³-hybridized carbons (Fsp3) is 0.562. The van der Waals surface area contributed by atoms with Gasteiger partial charge >= 0.3 is 0 Å². The lowest BCUT2D eigenvalue weighted by atomic mass is 9.88. The number of hydrogen-bond donors (Lipinski definition) is 0. The zero-order chi connectivity index (χ0) is 16.2. The first-order valence-corrected chi connectivity index (χ1v) is 7.92. The number of alkyl halides is 1. The van der Waals surface area contributed by atoms with E-state index in [0.29, 0.717) is 29.9 Å². The van der Waals surface area contributed by atoms with Crippen LogP contribution in [-0.4, -0.2) is 12.4 Å². The fourth-order valence-corrected chi connectivity index (χ4v) is 2.79. The van der Waals surface area contributed by atoms with E-state index in [1.54, 1.807) is 6.92 Å². The Morgan fingerprint density at radius 1 is 1.43 bits per heavy atom. The van der Waals surface area contributed by atoms with Gasteiger partial charge in [0, 0.05) is 17.5 Å². The highest BCUT2D eigenvalue weighted by molar-refractivity contribution is 6.31. The molecule has 1 aromatic rings. The van der Waals surface area contributed by atoms with Crippen molar-refractivity contribution in [2.24, 2.45) is 0 Å². The first kappa shape index (κ1) is 18.2. The molecule has 21 heavy (non-hydrogen) atoms. The van der Waals surface area contributed by atoms with Gasteiger partial charge in [0.2, 0.25) is 0 Å². The zero-order valence-electron chi connectivity index (χ0n) is 12.8. The number of Topliss-reactive ketones (excluding diaryl/α,β-unsaturated/α-hetero) is 1. The Hall–Kier alpha value is -0.800. The quantitative estimate of drug-likeness (QED) is 0.602. The van der Waals surface area contributed by atoms with Gasteiger partial charge in [-0.2, -0.15) is 0 Å². The molecule has 0 heterocycles. The first-order valence-electron chi connectivity index (χ1n) is 7.11. The molecule has 0 spiro atoms. The summed E-state index contributed by atoms with van der Waals surface area (Å²) in [7, 11) is 0. The van der Waals surface area contributed by atoms with Crippen molar-refractivity contribution in [3.05, 3.63) is 28.0 Å². The number of carbonyl (C=O) groups is 1. The number of ether oxygens (including phenoxy) is 1. The standard InChI is InChI=1S/C16H21Cl2FO2/c1-5-11(7-9(3)20)14-15(19)13(18)8-12(10(4)17)16(14)21-6-2/h8,10-11H,5-7H2,1-4H3. The van der Waals surface area contributed by atoms with Crippen LogP contribution in [0.5, 0.6) is 5.75 Å². The van der Waals surface area contributed by atoms with E-state index in [4.69, 9.17) is 27.9 Å². The Labute approximate surface area is 135 Å². The van der Waals surface area contributed by atoms with Gasteiger partial charge in [-0.05, 0) is 39.2 Å². The van der Waals surface area contributed by atoms with Gasteiger partial charge in [0.1, 0.15) is 17.3 Å². The summed E-state index contributed by atoms with van der Waals surface area (Å²) in [4.78, 5) is 11.4. The molecule has 2 nitrogen and oxygen atoms in total. The molecule has 1 rings (SSSR count). The minimum Gasteiger partial charge on any atom is -0.493 e. The summed E-state index contributed by atoms with van der Waals surface area (Å²) >= 11 is 12.2. The monoisotopic (exact) mass is 334 g/mol. The molecular formula is C16H21Cl2FO2. The molecular weight excluding hydrogens is 314 g/mol. The van der Waals surface area contributed by atoms with E-state index < -0.39 is 5.82 Å². The second-order valence-electron chi connectivity index (χ2n) is 5.06. The molecule has 0 saturated carbocycles. The smallest absolute Gasteiger partial charge is 0.148 e. The number of halogens is 3. The van der Waals surface area contributed by atoms with Crippen LogP contribution < -0.4 is 4.74 Å². The average Bonchev–Trinajstić information content (AvgIpc) is 2.40. The van der Waals surface area contributed by atoms with Gasteiger partial charge in [0.15, 0.2) is 0 Å². The van der Waals surface area contributed by atoms with Crippen LogP contribution in [0.3, 0.4) is 0 Å². The lowest BCUT2D eigenvalue weighted by molar-refractivity contribution is -0.117. The largest absolute Gasteiger partial charge is 0.493 e. The second-order valence-corrected chi connectivity index (χ2v) is 6.13. The zero-order valence-corrected chi connectivity index (χ0v) is 14.3. The van der Waals surface area contributed by atoms with E-state index in [9.17, 15) is 9.18 Å². The molecule has 1 aromatic carbocycles. The van der Waals surface area contributed by atoms with Crippen LogP contribution in [0.2, 0.25) is 5.02 Å². The molecule has 0 bridgehead atoms. The maximum atomic E-state index is 14.6. The van der Waals surface area contributed by atoms with Gasteiger partial charge in [-0.3, -0.25) is 0 Å². The van der Waals surface area contributed by atoms with Crippen molar-refractivity contribution in [3.8, 4) is 5.75 Å². The number of carbonyl (C=O) groups excluding carboxylic acids is 1. The highest BCUT2D eigenvalue weighted by Crippen LogP contribution is 2.43. The van der Waals surface area contributed by atoms with Crippen LogP contribution in [0, 0.1) is 5.82 Å². The highest BCUT2D eigenvalue weighted by atomic mass is 35.5. The summed E-state index contributed by atoms with van der Waals surface area (Å²) in [6.45, 7) is 7.40. The molecule has 0 radical (unpaired) electrons. The molecule has 0 N–H and O–H groups in total. The van der Waals surface area contributed by atoms with Crippen LogP contribution in [0.1, 0.15) is 63.0 Å². The molecule has 0 aliphatic carbocycles. The van der Waals surface area contributed by atoms with Gasteiger partial charge < -0.3 is 9.53 Å². The molecule has 2 unspecified atom stereocenters. The van der Waals surface area contributed by atoms with Gasteiger partial charge in [0.05, 0.1) is 17.0 Å². The Kier molecular flexibility index (Phi) is 6.95. The fourth-order valence-electron chi connectivity index (χ4n) is 2.41. The topological polar surface area (TPSA) is 26.3 Å². The molecule has 0 saturated heterocycles. The van der Waals surface area contributed by atoms with E-state index in [1.165, 1.54) is 13.0 Å². The van der Waals surface area contributed by atoms with Crippen molar-refractivity contribution in [1.82, 2.24) is 0 Å². The third-order valence-corrected chi connectivity index (χ3v) is 3.90. The second kappa shape index (κ2) is 8.00. The maximum absolute atomic E-state index is 14.6. The van der Waals surface area contributed by atoms with Crippen LogP contribution in [0.15, 0.2) is 6.07 Å². The van der Waals surface area contributed by atoms with E-state index in [0.717, 1.165) is 0 Å². The van der Waals surface area contributed by atoms with Crippen LogP contribution in [0.4, 0.5) is 4.39 Å². The Morgan fingerprint density at radius 3 is 2.48 bits per heavy atom. The number of rotatable bonds is 7. The third-order valence-electron chi connectivity index (χ3n) is 3.39. The molecule has 118 valence electrons. The van der Waals surface area contributed by atoms with Crippen molar-refractivity contribution < 1.29 is 13.9 Å². The molecule has 0 aromatic heterocycles. The predicted octanol–water partition coefficient (Wildman–Crippen LogP) is 5.65. The third kappa shape index (κ3) is 4.33. The SMILES string of the molecule is CCOc1c(C(C)Cl)cc(Cl)c(F)c1C(CC)CC(C)=O. The summed E-state index contributed by atoms with van der Waals surface area (Å²) in [5.74, 6) is -0.356. The van der Waals surface area contributed by atoms with E-state index >= 15 is 0 Å². The predicted molar refractivity (Wildman–Crippen MR) is 85.2 cm³/mol. The normalized spacial score (nSPS) is 13.9. The van der Waals surface area contributed by atoms with E-state index in [-0.39, 0.29) is 28.5 Å². The number of ketones is 1. The number of benzene rings is 1. The van der Waals surface area contributed by atoms with Gasteiger partial charge in [-0.25, -0.2) is 4.39 Å². The summed E-state index contributed by atoms with van der Waals surface area (Å²) < 4.78 is 20.2. The Bertz CT molecular complexity index is 515. The average molecular weight is 335 g/mol. The molecule has 0 aliphatic heterocycles. The molecule has 5 heteroatoms. The van der Waals surface area contributed by atoms with Crippen molar-refractivity contribution >= 4 is 29.0 Å². The molecule has 0 fully saturated rings. The molecule has 0 amide bonds. The lowest BCUT2D eigenvalue weighted by Gasteiger charge is -2.23. The summed E-state index contributed by atoms with van der Waals surface area (Å²) in [5, 5.41) is -0.351. The van der Waals surface area contributed by atoms with E-state index in [1.807, 2.05) is 13.8 Å². The Morgan fingerprint density at radius 2 is 2.05 bits per heavy atom. The Balaban J connectivity index is 3.54. The molecule has 0 aliphatic rings. The van der Waals surface area contributed by atoms with Crippen LogP contribution >= 0.6 is 23.2 Å². The molecule has 2 atom stereocenters. The van der Waals surface area contributed by atoms with E-state index in [2.05, 4.69) is 0 Å². The summed E-state index contributed by atoms with van der Waals surface area (Å²) in [5.41, 5.74) is 1.02. The van der Waals surface area contributed by atoms with Crippen molar-refractivity contribution in [3.63, 3.8) is 0 Å². The minimum absolute atomic E-state index is 0.00384. The van der Waals surface area contributed by atoms with Crippen molar-refractivity contribution in [2.75, 3.05) is 6.61 Å². The minimum atomic E-state index is -0.519. The lowest BCUT2D eigenvalue weighted by Crippen LogP contribution is -2.11. The maximum Gasteiger partial charge on any atom is 0.148 e. The van der Waals surface area contributed by atoms with Crippen LogP contribution in [-0.2, 0) is 4.79 Å². The van der Waals surface area contributed by atoms with Gasteiger partial charge in [-0.15, -0.1) is 11.6 Å². The summed E-state index contributed by atoms with van der Waals surface area (Å²) in [6, 6.07) is 1.50. The summed E-state index contributed by atoms with van der Waals surface area (Å²) in [6.07, 6.45) is 0.872. The van der Waals surface area contributed by atoms with Gasteiger partial charge in [0.25, 0.3) is 0 Å². The van der Waals surface area contributed by atoms with Crippen molar-refractivity contribution in [1.29, 1.82) is 0 Å². The first-order chi connectivity index (χ1) is 9.83. The van der Waals surface area contributed by atoms with Crippen LogP contribution in [0.25, 0.3) is 0 Å². The number of hydrogen-bond acceptors (Lipinski definition) is 2.